The van der Waals surface area contributed by atoms with Gasteiger partial charge >= 0.3 is 0 Å². The van der Waals surface area contributed by atoms with Crippen molar-refractivity contribution in [1.82, 2.24) is 9.88 Å². The first-order valence-electron chi connectivity index (χ1n) is 6.83. The molecule has 0 amide bonds. The molecular weight excluding hydrogens is 224 g/mol. The summed E-state index contributed by atoms with van der Waals surface area (Å²) in [5, 5.41) is 0. The van der Waals surface area contributed by atoms with Crippen LogP contribution in [-0.4, -0.2) is 30.1 Å². The molecule has 0 N–H and O–H groups in total. The molecule has 0 saturated heterocycles. The lowest BCUT2D eigenvalue weighted by Crippen LogP contribution is -2.24. The molecule has 0 radical (unpaired) electrons. The van der Waals surface area contributed by atoms with Gasteiger partial charge in [-0.15, -0.1) is 0 Å². The van der Waals surface area contributed by atoms with Crippen LogP contribution in [0.15, 0.2) is 12.1 Å². The maximum atomic E-state index is 6.08. The van der Waals surface area contributed by atoms with Crippen LogP contribution < -0.4 is 0 Å². The number of hydrogen-bond acceptors (Lipinski definition) is 3. The van der Waals surface area contributed by atoms with Crippen LogP contribution in [0, 0.1) is 6.92 Å². The first kappa shape index (κ1) is 13.5. The van der Waals surface area contributed by atoms with Gasteiger partial charge in [-0.25, -0.2) is 0 Å². The summed E-state index contributed by atoms with van der Waals surface area (Å²) in [6.45, 7) is 5.06. The standard InChI is InChI=1S/C15H24N2O/c1-11-8-9-14(15(16-11)10-17(3)4)12(2)18-13-6-5-7-13/h8-9,12-13H,5-7,10H2,1-4H3/t12-/m0/s1. The normalized spacial score (nSPS) is 17.8. The second-order valence-corrected chi connectivity index (χ2v) is 5.56. The predicted molar refractivity (Wildman–Crippen MR) is 73.5 cm³/mol. The van der Waals surface area contributed by atoms with Crippen molar-refractivity contribution in [2.75, 3.05) is 14.1 Å². The summed E-state index contributed by atoms with van der Waals surface area (Å²) in [5.74, 6) is 0. The van der Waals surface area contributed by atoms with Crippen LogP contribution in [0.4, 0.5) is 0 Å². The van der Waals surface area contributed by atoms with Crippen molar-refractivity contribution in [1.29, 1.82) is 0 Å². The average molecular weight is 248 g/mol. The number of hydrogen-bond donors (Lipinski definition) is 0. The van der Waals surface area contributed by atoms with Crippen molar-refractivity contribution < 1.29 is 4.74 Å². The Kier molecular flexibility index (Phi) is 4.36. The molecule has 0 spiro atoms. The number of nitrogens with zero attached hydrogens (tertiary/aromatic N) is 2. The maximum absolute atomic E-state index is 6.08. The molecule has 2 rings (SSSR count). The van der Waals surface area contributed by atoms with E-state index >= 15 is 0 Å². The van der Waals surface area contributed by atoms with Crippen molar-refractivity contribution in [3.05, 3.63) is 29.1 Å². The van der Waals surface area contributed by atoms with Crippen molar-refractivity contribution in [2.45, 2.75) is 51.9 Å². The summed E-state index contributed by atoms with van der Waals surface area (Å²) in [6.07, 6.45) is 4.36. The Hall–Kier alpha value is -0.930. The molecule has 1 aliphatic carbocycles. The van der Waals surface area contributed by atoms with Gasteiger partial charge < -0.3 is 9.64 Å². The van der Waals surface area contributed by atoms with Crippen LogP contribution in [0.1, 0.15) is 49.2 Å². The van der Waals surface area contributed by atoms with E-state index < -0.39 is 0 Å². The molecule has 1 aromatic rings. The highest BCUT2D eigenvalue weighted by molar-refractivity contribution is 5.25. The fourth-order valence-corrected chi connectivity index (χ4v) is 2.29. The molecule has 1 aromatic heterocycles. The quantitative estimate of drug-likeness (QED) is 0.800. The van der Waals surface area contributed by atoms with E-state index in [-0.39, 0.29) is 6.10 Å². The van der Waals surface area contributed by atoms with Crippen LogP contribution in [0.25, 0.3) is 0 Å². The summed E-state index contributed by atoms with van der Waals surface area (Å²) in [6, 6.07) is 4.25. The van der Waals surface area contributed by atoms with E-state index in [9.17, 15) is 0 Å². The summed E-state index contributed by atoms with van der Waals surface area (Å²) in [4.78, 5) is 6.82. The minimum absolute atomic E-state index is 0.151. The fourth-order valence-electron chi connectivity index (χ4n) is 2.29. The number of aryl methyl sites for hydroxylation is 1. The molecule has 100 valence electrons. The summed E-state index contributed by atoms with van der Waals surface area (Å²) < 4.78 is 6.08. The minimum atomic E-state index is 0.151. The van der Waals surface area contributed by atoms with Gasteiger partial charge in [0.25, 0.3) is 0 Å². The second-order valence-electron chi connectivity index (χ2n) is 5.56. The molecule has 3 nitrogen and oxygen atoms in total. The number of pyridine rings is 1. The van der Waals surface area contributed by atoms with E-state index in [0.717, 1.165) is 17.9 Å². The summed E-state index contributed by atoms with van der Waals surface area (Å²) in [5.41, 5.74) is 3.46. The molecule has 0 unspecified atom stereocenters. The molecule has 1 aliphatic rings. The van der Waals surface area contributed by atoms with Gasteiger partial charge in [0.1, 0.15) is 0 Å². The molecule has 1 fully saturated rings. The molecule has 1 atom stereocenters. The zero-order valence-electron chi connectivity index (χ0n) is 11.9. The van der Waals surface area contributed by atoms with Gasteiger partial charge in [-0.2, -0.15) is 0 Å². The highest BCUT2D eigenvalue weighted by atomic mass is 16.5. The SMILES string of the molecule is Cc1ccc([C@H](C)OC2CCC2)c(CN(C)C)n1. The third-order valence-electron chi connectivity index (χ3n) is 3.50. The third kappa shape index (κ3) is 3.30. The van der Waals surface area contributed by atoms with Gasteiger partial charge in [0.05, 0.1) is 17.9 Å². The Morgan fingerprint density at radius 1 is 1.39 bits per heavy atom. The van der Waals surface area contributed by atoms with Crippen LogP contribution in [0.5, 0.6) is 0 Å². The van der Waals surface area contributed by atoms with Crippen LogP contribution >= 0.6 is 0 Å². The number of aromatic nitrogens is 1. The van der Waals surface area contributed by atoms with Crippen molar-refractivity contribution >= 4 is 0 Å². The molecule has 0 aromatic carbocycles. The Balaban J connectivity index is 2.13. The van der Waals surface area contributed by atoms with Crippen molar-refractivity contribution in [3.63, 3.8) is 0 Å². The Morgan fingerprint density at radius 3 is 2.67 bits per heavy atom. The van der Waals surface area contributed by atoms with E-state index in [0.29, 0.717) is 6.10 Å². The summed E-state index contributed by atoms with van der Waals surface area (Å²) in [7, 11) is 4.15. The van der Waals surface area contributed by atoms with E-state index in [1.165, 1.54) is 24.8 Å². The highest BCUT2D eigenvalue weighted by Gasteiger charge is 2.22. The Labute approximate surface area is 110 Å². The fraction of sp³-hybridized carbons (Fsp3) is 0.667. The molecular formula is C15H24N2O. The number of ether oxygens (including phenoxy) is 1. The van der Waals surface area contributed by atoms with Crippen molar-refractivity contribution in [3.8, 4) is 0 Å². The Morgan fingerprint density at radius 2 is 2.11 bits per heavy atom. The summed E-state index contributed by atoms with van der Waals surface area (Å²) >= 11 is 0. The van der Waals surface area contributed by atoms with Crippen LogP contribution in [0.2, 0.25) is 0 Å². The largest absolute Gasteiger partial charge is 0.371 e. The molecule has 0 aliphatic heterocycles. The monoisotopic (exact) mass is 248 g/mol. The predicted octanol–water partition coefficient (Wildman–Crippen LogP) is 3.08. The smallest absolute Gasteiger partial charge is 0.0818 e. The minimum Gasteiger partial charge on any atom is -0.371 e. The lowest BCUT2D eigenvalue weighted by Gasteiger charge is -2.30. The maximum Gasteiger partial charge on any atom is 0.0818 e. The molecule has 0 bridgehead atoms. The topological polar surface area (TPSA) is 25.4 Å². The van der Waals surface area contributed by atoms with Gasteiger partial charge in [-0.3, -0.25) is 4.98 Å². The lowest BCUT2D eigenvalue weighted by atomic mass is 9.95. The highest BCUT2D eigenvalue weighted by Crippen LogP contribution is 2.30. The van der Waals surface area contributed by atoms with Gasteiger partial charge in [-0.05, 0) is 53.3 Å². The lowest BCUT2D eigenvalue weighted by molar-refractivity contribution is -0.0451. The van der Waals surface area contributed by atoms with Crippen LogP contribution in [0.3, 0.4) is 0 Å². The average Bonchev–Trinajstić information content (AvgIpc) is 2.22. The molecule has 18 heavy (non-hydrogen) atoms. The van der Waals surface area contributed by atoms with E-state index in [1.54, 1.807) is 0 Å². The third-order valence-corrected chi connectivity index (χ3v) is 3.50. The van der Waals surface area contributed by atoms with Crippen molar-refractivity contribution in [2.24, 2.45) is 0 Å². The molecule has 1 heterocycles. The molecule has 3 heteroatoms. The van der Waals surface area contributed by atoms with E-state index in [2.05, 4.69) is 43.0 Å². The van der Waals surface area contributed by atoms with Gasteiger partial charge in [0.2, 0.25) is 0 Å². The first-order valence-corrected chi connectivity index (χ1v) is 6.83. The zero-order chi connectivity index (χ0) is 13.1. The number of rotatable bonds is 5. The molecule has 1 saturated carbocycles. The van der Waals surface area contributed by atoms with E-state index in [4.69, 9.17) is 4.74 Å². The van der Waals surface area contributed by atoms with Crippen LogP contribution in [-0.2, 0) is 11.3 Å². The second kappa shape index (κ2) is 5.81. The van der Waals surface area contributed by atoms with Gasteiger partial charge in [0, 0.05) is 17.8 Å². The van der Waals surface area contributed by atoms with E-state index in [1.807, 2.05) is 6.92 Å². The Bertz CT molecular complexity index is 399. The van der Waals surface area contributed by atoms with Gasteiger partial charge in [0.15, 0.2) is 0 Å². The van der Waals surface area contributed by atoms with Gasteiger partial charge in [-0.1, -0.05) is 6.07 Å². The zero-order valence-corrected chi connectivity index (χ0v) is 11.9. The first-order chi connectivity index (χ1) is 8.56.